The molecule has 0 aliphatic heterocycles. The lowest BCUT2D eigenvalue weighted by Gasteiger charge is -1.91. The van der Waals surface area contributed by atoms with E-state index >= 15 is 0 Å². The fourth-order valence-electron chi connectivity index (χ4n) is 1.06. The molecule has 1 aliphatic carbocycles. The van der Waals surface area contributed by atoms with Gasteiger partial charge in [0.15, 0.2) is 5.82 Å². The average Bonchev–Trinajstić information content (AvgIpc) is 2.58. The highest BCUT2D eigenvalue weighted by Gasteiger charge is 1.93. The zero-order valence-corrected chi connectivity index (χ0v) is 7.59. The molecule has 0 unspecified atom stereocenters. The van der Waals surface area contributed by atoms with Crippen LogP contribution in [0.25, 0.3) is 0 Å². The molecule has 1 aromatic rings. The molecule has 0 aromatic carbocycles. The number of azo groups is 1. The first kappa shape index (κ1) is 8.62. The van der Waals surface area contributed by atoms with Gasteiger partial charge in [0.05, 0.1) is 18.2 Å². The highest BCUT2D eigenvalue weighted by Crippen LogP contribution is 2.12. The molecule has 4 nitrogen and oxygen atoms in total. The summed E-state index contributed by atoms with van der Waals surface area (Å²) < 4.78 is 0. The van der Waals surface area contributed by atoms with Crippen molar-refractivity contribution in [1.82, 2.24) is 9.97 Å². The Morgan fingerprint density at radius 1 is 1.21 bits per heavy atom. The summed E-state index contributed by atoms with van der Waals surface area (Å²) in [7, 11) is 0. The van der Waals surface area contributed by atoms with E-state index in [1.165, 1.54) is 0 Å². The van der Waals surface area contributed by atoms with Gasteiger partial charge in [-0.25, -0.2) is 4.98 Å². The number of rotatable bonds is 2. The van der Waals surface area contributed by atoms with E-state index in [1.54, 1.807) is 12.5 Å². The highest BCUT2D eigenvalue weighted by molar-refractivity contribution is 5.24. The summed E-state index contributed by atoms with van der Waals surface area (Å²) >= 11 is 0. The van der Waals surface area contributed by atoms with Crippen molar-refractivity contribution in [3.63, 3.8) is 0 Å². The van der Waals surface area contributed by atoms with Crippen LogP contribution in [0.2, 0.25) is 0 Å². The molecule has 4 heteroatoms. The first-order valence-electron chi connectivity index (χ1n) is 4.37. The number of aromatic nitrogens is 2. The molecule has 70 valence electrons. The minimum Gasteiger partial charge on any atom is -0.328 e. The molecule has 1 aromatic heterocycles. The van der Waals surface area contributed by atoms with Gasteiger partial charge >= 0.3 is 0 Å². The number of nitrogens with one attached hydrogen (secondary N) is 1. The van der Waals surface area contributed by atoms with E-state index in [4.69, 9.17) is 0 Å². The minimum absolute atomic E-state index is 0.670. The van der Waals surface area contributed by atoms with Crippen LogP contribution in [0.1, 0.15) is 6.42 Å². The monoisotopic (exact) mass is 186 g/mol. The Morgan fingerprint density at radius 2 is 2.21 bits per heavy atom. The summed E-state index contributed by atoms with van der Waals surface area (Å²) in [4.78, 5) is 6.71. The summed E-state index contributed by atoms with van der Waals surface area (Å²) in [5.41, 5.74) is 0.935. The molecule has 0 fully saturated rings. The first-order valence-corrected chi connectivity index (χ1v) is 4.37. The van der Waals surface area contributed by atoms with Crippen molar-refractivity contribution in [2.75, 3.05) is 0 Å². The molecule has 0 spiro atoms. The van der Waals surface area contributed by atoms with Crippen molar-refractivity contribution < 1.29 is 0 Å². The number of hydrogen-bond acceptors (Lipinski definition) is 3. The van der Waals surface area contributed by atoms with Crippen LogP contribution < -0.4 is 0 Å². The molecule has 1 aliphatic rings. The maximum atomic E-state index is 4.10. The van der Waals surface area contributed by atoms with Crippen LogP contribution in [0.3, 0.4) is 0 Å². The van der Waals surface area contributed by atoms with Gasteiger partial charge < -0.3 is 4.98 Å². The van der Waals surface area contributed by atoms with Gasteiger partial charge in [-0.1, -0.05) is 24.3 Å². The Bertz CT molecular complexity index is 396. The molecule has 0 radical (unpaired) electrons. The Hall–Kier alpha value is -1.97. The van der Waals surface area contributed by atoms with Crippen molar-refractivity contribution in [1.29, 1.82) is 0 Å². The minimum atomic E-state index is 0.670. The SMILES string of the molecule is C1=CC=C(N=Nc2cnc[nH]2)CC=C1. The predicted molar refractivity (Wildman–Crippen MR) is 54.1 cm³/mol. The van der Waals surface area contributed by atoms with E-state index < -0.39 is 0 Å². The summed E-state index contributed by atoms with van der Waals surface area (Å²) in [6.45, 7) is 0. The number of H-pyrrole nitrogens is 1. The molecule has 1 heterocycles. The third kappa shape index (κ3) is 2.26. The zero-order chi connectivity index (χ0) is 9.64. The third-order valence-electron chi connectivity index (χ3n) is 1.74. The molecule has 0 bridgehead atoms. The van der Waals surface area contributed by atoms with Crippen molar-refractivity contribution in [2.24, 2.45) is 10.2 Å². The maximum absolute atomic E-state index is 4.10. The lowest BCUT2D eigenvalue weighted by Crippen LogP contribution is -1.72. The fourth-order valence-corrected chi connectivity index (χ4v) is 1.06. The number of imidazole rings is 1. The van der Waals surface area contributed by atoms with Crippen molar-refractivity contribution >= 4 is 5.82 Å². The van der Waals surface area contributed by atoms with Gasteiger partial charge in [0.2, 0.25) is 0 Å². The standard InChI is InChI=1S/C10H10N4/c1-2-4-6-9(5-3-1)13-14-10-7-11-8-12-10/h1-5,7-8H,6H2,(H,11,12). The summed E-state index contributed by atoms with van der Waals surface area (Å²) in [6, 6.07) is 0. The smallest absolute Gasteiger partial charge is 0.172 e. The van der Waals surface area contributed by atoms with Crippen LogP contribution in [0.4, 0.5) is 5.82 Å². The number of allylic oxidation sites excluding steroid dienone is 5. The molecule has 0 saturated heterocycles. The van der Waals surface area contributed by atoms with Gasteiger partial charge in [0.25, 0.3) is 0 Å². The van der Waals surface area contributed by atoms with E-state index in [0.29, 0.717) is 5.82 Å². The van der Waals surface area contributed by atoms with E-state index in [-0.39, 0.29) is 0 Å². The first-order chi connectivity index (χ1) is 6.95. The van der Waals surface area contributed by atoms with Gasteiger partial charge in [-0.05, 0) is 6.08 Å². The number of aromatic amines is 1. The van der Waals surface area contributed by atoms with Crippen molar-refractivity contribution in [3.8, 4) is 0 Å². The number of nitrogens with zero attached hydrogens (tertiary/aromatic N) is 3. The third-order valence-corrected chi connectivity index (χ3v) is 1.74. The molecule has 0 amide bonds. The Kier molecular flexibility index (Phi) is 2.66. The molecular formula is C10H10N4. The van der Waals surface area contributed by atoms with Crippen LogP contribution in [0, 0.1) is 0 Å². The quantitative estimate of drug-likeness (QED) is 0.709. The predicted octanol–water partition coefficient (Wildman–Crippen LogP) is 2.89. The van der Waals surface area contributed by atoms with Crippen molar-refractivity contribution in [3.05, 3.63) is 48.6 Å². The van der Waals surface area contributed by atoms with E-state index in [9.17, 15) is 0 Å². The Balaban J connectivity index is 2.07. The van der Waals surface area contributed by atoms with Gasteiger partial charge in [-0.3, -0.25) is 0 Å². The Labute approximate surface area is 81.8 Å². The van der Waals surface area contributed by atoms with E-state index in [1.807, 2.05) is 30.4 Å². The topological polar surface area (TPSA) is 53.4 Å². The number of hydrogen-bond donors (Lipinski definition) is 1. The van der Waals surface area contributed by atoms with Gasteiger partial charge in [-0.2, -0.15) is 5.11 Å². The van der Waals surface area contributed by atoms with Crippen LogP contribution in [-0.4, -0.2) is 9.97 Å². The average molecular weight is 186 g/mol. The second-order valence-corrected chi connectivity index (χ2v) is 2.81. The van der Waals surface area contributed by atoms with Gasteiger partial charge in [0.1, 0.15) is 0 Å². The molecule has 0 atom stereocenters. The maximum Gasteiger partial charge on any atom is 0.172 e. The van der Waals surface area contributed by atoms with E-state index in [0.717, 1.165) is 12.1 Å². The molecule has 0 saturated carbocycles. The molecular weight excluding hydrogens is 176 g/mol. The van der Waals surface area contributed by atoms with Crippen LogP contribution in [0.15, 0.2) is 58.8 Å². The van der Waals surface area contributed by atoms with Crippen LogP contribution in [0.5, 0.6) is 0 Å². The lowest BCUT2D eigenvalue weighted by atomic mass is 10.3. The van der Waals surface area contributed by atoms with Gasteiger partial charge in [0, 0.05) is 6.42 Å². The molecule has 2 rings (SSSR count). The van der Waals surface area contributed by atoms with Crippen LogP contribution in [-0.2, 0) is 0 Å². The second kappa shape index (κ2) is 4.32. The fraction of sp³-hybridized carbons (Fsp3) is 0.100. The molecule has 1 N–H and O–H groups in total. The largest absolute Gasteiger partial charge is 0.328 e. The second-order valence-electron chi connectivity index (χ2n) is 2.81. The summed E-state index contributed by atoms with van der Waals surface area (Å²) in [5, 5.41) is 8.10. The summed E-state index contributed by atoms with van der Waals surface area (Å²) in [6.07, 6.45) is 13.9. The molecule has 14 heavy (non-hydrogen) atoms. The van der Waals surface area contributed by atoms with Crippen LogP contribution >= 0.6 is 0 Å². The lowest BCUT2D eigenvalue weighted by molar-refractivity contribution is 1.05. The summed E-state index contributed by atoms with van der Waals surface area (Å²) in [5.74, 6) is 0.670. The zero-order valence-electron chi connectivity index (χ0n) is 7.59. The highest BCUT2D eigenvalue weighted by atomic mass is 15.2. The Morgan fingerprint density at radius 3 is 3.07 bits per heavy atom. The van der Waals surface area contributed by atoms with Gasteiger partial charge in [-0.15, -0.1) is 5.11 Å². The van der Waals surface area contributed by atoms with E-state index in [2.05, 4.69) is 20.2 Å². The van der Waals surface area contributed by atoms with Crippen molar-refractivity contribution in [2.45, 2.75) is 6.42 Å². The normalized spacial score (nSPS) is 15.9.